The lowest BCUT2D eigenvalue weighted by molar-refractivity contribution is -0.115. The van der Waals surface area contributed by atoms with Crippen molar-refractivity contribution in [3.05, 3.63) is 49.4 Å². The Morgan fingerprint density at radius 1 is 1.26 bits per heavy atom. The number of aromatic nitrogens is 1. The van der Waals surface area contributed by atoms with E-state index < -0.39 is 5.91 Å². The second-order valence-electron chi connectivity index (χ2n) is 9.09. The summed E-state index contributed by atoms with van der Waals surface area (Å²) in [7, 11) is 0. The highest BCUT2D eigenvalue weighted by atomic mass is 32.1. The summed E-state index contributed by atoms with van der Waals surface area (Å²) in [5.41, 5.74) is 1.65. The summed E-state index contributed by atoms with van der Waals surface area (Å²) >= 11 is 1.08. The van der Waals surface area contributed by atoms with Crippen LogP contribution in [0.25, 0.3) is 11.8 Å². The fourth-order valence-electron chi connectivity index (χ4n) is 4.62. The Kier molecular flexibility index (Phi) is 9.25. The summed E-state index contributed by atoms with van der Waals surface area (Å²) in [6.07, 6.45) is 3.88. The van der Waals surface area contributed by atoms with Gasteiger partial charge in [0.1, 0.15) is 21.8 Å². The molecule has 1 aromatic heterocycles. The number of piperidine rings is 1. The third kappa shape index (κ3) is 6.82. The van der Waals surface area contributed by atoms with Gasteiger partial charge in [-0.05, 0) is 49.3 Å². The van der Waals surface area contributed by atoms with Crippen molar-refractivity contribution in [1.29, 1.82) is 10.5 Å². The lowest BCUT2D eigenvalue weighted by Crippen LogP contribution is -2.39. The quantitative estimate of drug-likeness (QED) is 0.542. The van der Waals surface area contributed by atoms with Crippen molar-refractivity contribution in [2.45, 2.75) is 40.2 Å². The van der Waals surface area contributed by atoms with Crippen LogP contribution < -0.4 is 25.4 Å². The lowest BCUT2D eigenvalue weighted by atomic mass is 9.91. The molecule has 1 aliphatic heterocycles. The summed E-state index contributed by atoms with van der Waals surface area (Å²) in [6, 6.07) is 11.8. The maximum atomic E-state index is 12.9. The summed E-state index contributed by atoms with van der Waals surface area (Å²) in [5.74, 6) is 0.808. The smallest absolute Gasteiger partial charge is 0.270 e. The van der Waals surface area contributed by atoms with Crippen LogP contribution in [-0.2, 0) is 17.8 Å². The summed E-state index contributed by atoms with van der Waals surface area (Å²) in [4.78, 5) is 27.7. The first-order valence-electron chi connectivity index (χ1n) is 11.9. The van der Waals surface area contributed by atoms with Gasteiger partial charge in [0.05, 0.1) is 6.07 Å². The van der Waals surface area contributed by atoms with Crippen LogP contribution in [0.2, 0.25) is 0 Å². The standard InChI is InChI=1S/C26H32N6O2S/c1-4-32-25(34)23(35-26(32)22(14-28)24(33)29-10-9-27)15-30-21-7-5-6-20(13-21)8-11-31-16-18(2)12-19(3)17-31/h5-7,13,15,18-19,30H,4,8,10-12,16-17H2,1-3H3,(H,29,33). The molecule has 2 N–H and O–H groups in total. The number of carbonyl (C=O) groups excluding carboxylic acids is 1. The Morgan fingerprint density at radius 2 is 2.00 bits per heavy atom. The Balaban J connectivity index is 1.80. The number of hydrogen-bond acceptors (Lipinski definition) is 7. The summed E-state index contributed by atoms with van der Waals surface area (Å²) in [6.45, 7) is 9.86. The van der Waals surface area contributed by atoms with Crippen molar-refractivity contribution < 1.29 is 4.79 Å². The van der Waals surface area contributed by atoms with Gasteiger partial charge in [-0.25, -0.2) is 0 Å². The number of amides is 1. The second kappa shape index (κ2) is 12.3. The monoisotopic (exact) mass is 492 g/mol. The van der Waals surface area contributed by atoms with Crippen LogP contribution in [0.1, 0.15) is 32.8 Å². The van der Waals surface area contributed by atoms with Crippen molar-refractivity contribution in [1.82, 2.24) is 14.8 Å². The van der Waals surface area contributed by atoms with Crippen LogP contribution in [0.5, 0.6) is 0 Å². The van der Waals surface area contributed by atoms with E-state index in [1.165, 1.54) is 16.6 Å². The second-order valence-corrected chi connectivity index (χ2v) is 10.1. The van der Waals surface area contributed by atoms with Crippen LogP contribution in [0.15, 0.2) is 29.1 Å². The minimum Gasteiger partial charge on any atom is -0.360 e. The fraction of sp³-hybridized carbons (Fsp3) is 0.462. The van der Waals surface area contributed by atoms with Crippen molar-refractivity contribution in [2.24, 2.45) is 11.8 Å². The molecule has 2 heterocycles. The molecule has 35 heavy (non-hydrogen) atoms. The van der Waals surface area contributed by atoms with E-state index in [9.17, 15) is 14.9 Å². The van der Waals surface area contributed by atoms with E-state index in [-0.39, 0.29) is 22.3 Å². The average Bonchev–Trinajstić information content (AvgIpc) is 3.15. The summed E-state index contributed by atoms with van der Waals surface area (Å²) in [5, 5.41) is 23.8. The first-order valence-corrected chi connectivity index (χ1v) is 12.7. The maximum Gasteiger partial charge on any atom is 0.270 e. The molecule has 8 nitrogen and oxygen atoms in total. The Labute approximate surface area is 209 Å². The van der Waals surface area contributed by atoms with Gasteiger partial charge in [-0.1, -0.05) is 26.0 Å². The highest BCUT2D eigenvalue weighted by Crippen LogP contribution is 2.21. The summed E-state index contributed by atoms with van der Waals surface area (Å²) < 4.78 is 2.08. The topological polar surface area (TPSA) is 114 Å². The third-order valence-corrected chi connectivity index (χ3v) is 7.19. The molecule has 1 fully saturated rings. The van der Waals surface area contributed by atoms with Gasteiger partial charge in [0, 0.05) is 38.1 Å². The predicted molar refractivity (Wildman–Crippen MR) is 139 cm³/mol. The predicted octanol–water partition coefficient (Wildman–Crippen LogP) is 1.61. The van der Waals surface area contributed by atoms with Crippen molar-refractivity contribution >= 4 is 34.7 Å². The van der Waals surface area contributed by atoms with Crippen LogP contribution in [0.3, 0.4) is 0 Å². The molecule has 0 saturated carbocycles. The molecule has 1 saturated heterocycles. The average molecular weight is 493 g/mol. The minimum atomic E-state index is -0.665. The van der Waals surface area contributed by atoms with Gasteiger partial charge in [-0.3, -0.25) is 14.2 Å². The number of thiazole rings is 1. The van der Waals surface area contributed by atoms with E-state index in [1.54, 1.807) is 13.1 Å². The van der Waals surface area contributed by atoms with Crippen LogP contribution in [0, 0.1) is 34.5 Å². The SMILES string of the molecule is CCn1c(=C(C#N)C(=O)NCC#N)sc(=CNc2cccc(CCN3CC(C)CC(C)C3)c2)c1=O. The zero-order chi connectivity index (χ0) is 25.4. The van der Waals surface area contributed by atoms with Crippen molar-refractivity contribution in [3.8, 4) is 12.1 Å². The van der Waals surface area contributed by atoms with E-state index in [4.69, 9.17) is 5.26 Å². The van der Waals surface area contributed by atoms with E-state index in [0.717, 1.165) is 54.9 Å². The number of nitriles is 2. The molecule has 184 valence electrons. The molecular weight excluding hydrogens is 460 g/mol. The molecular formula is C26H32N6O2S. The molecule has 1 aromatic carbocycles. The Hall–Kier alpha value is -3.40. The number of nitrogens with one attached hydrogen (secondary N) is 2. The zero-order valence-electron chi connectivity index (χ0n) is 20.5. The molecule has 3 rings (SSSR count). The first kappa shape index (κ1) is 26.2. The highest BCUT2D eigenvalue weighted by Gasteiger charge is 2.21. The molecule has 0 aliphatic carbocycles. The molecule has 0 bridgehead atoms. The normalized spacial score (nSPS) is 19.5. The van der Waals surface area contributed by atoms with Crippen molar-refractivity contribution in [3.63, 3.8) is 0 Å². The lowest BCUT2D eigenvalue weighted by Gasteiger charge is -2.35. The Bertz CT molecular complexity index is 1300. The largest absolute Gasteiger partial charge is 0.360 e. The highest BCUT2D eigenvalue weighted by molar-refractivity contribution is 7.07. The fourth-order valence-corrected chi connectivity index (χ4v) is 5.71. The number of carbonyl (C=O) groups is 1. The van der Waals surface area contributed by atoms with E-state index in [0.29, 0.717) is 11.1 Å². The number of nitrogens with zero attached hydrogens (tertiary/aromatic N) is 4. The number of likely N-dealkylation sites (tertiary alicyclic amines) is 1. The van der Waals surface area contributed by atoms with Gasteiger partial charge >= 0.3 is 0 Å². The number of rotatable bonds is 8. The van der Waals surface area contributed by atoms with E-state index >= 15 is 0 Å². The number of benzene rings is 1. The Morgan fingerprint density at radius 3 is 2.66 bits per heavy atom. The van der Waals surface area contributed by atoms with Gasteiger partial charge in [0.2, 0.25) is 0 Å². The number of anilines is 1. The van der Waals surface area contributed by atoms with E-state index in [2.05, 4.69) is 41.5 Å². The van der Waals surface area contributed by atoms with Crippen LogP contribution >= 0.6 is 11.3 Å². The van der Waals surface area contributed by atoms with Gasteiger partial charge in [0.25, 0.3) is 11.5 Å². The molecule has 2 aromatic rings. The van der Waals surface area contributed by atoms with Crippen LogP contribution in [-0.4, -0.2) is 41.6 Å². The minimum absolute atomic E-state index is 0.174. The molecule has 0 spiro atoms. The molecule has 1 amide bonds. The van der Waals surface area contributed by atoms with Gasteiger partial charge in [-0.2, -0.15) is 10.5 Å². The number of hydrogen-bond donors (Lipinski definition) is 2. The molecule has 9 heteroatoms. The molecule has 0 radical (unpaired) electrons. The van der Waals surface area contributed by atoms with Gasteiger partial charge in [0.15, 0.2) is 5.57 Å². The third-order valence-electron chi connectivity index (χ3n) is 6.06. The van der Waals surface area contributed by atoms with Gasteiger partial charge < -0.3 is 15.5 Å². The van der Waals surface area contributed by atoms with Crippen LogP contribution in [0.4, 0.5) is 5.69 Å². The molecule has 2 unspecified atom stereocenters. The first-order chi connectivity index (χ1) is 16.9. The zero-order valence-corrected chi connectivity index (χ0v) is 21.3. The van der Waals surface area contributed by atoms with E-state index in [1.807, 2.05) is 24.3 Å². The van der Waals surface area contributed by atoms with Crippen molar-refractivity contribution in [2.75, 3.05) is 31.5 Å². The molecule has 1 aliphatic rings. The molecule has 2 atom stereocenters. The van der Waals surface area contributed by atoms with Gasteiger partial charge in [-0.15, -0.1) is 11.3 Å². The maximum absolute atomic E-state index is 12.9.